The molecule has 0 saturated carbocycles. The summed E-state index contributed by atoms with van der Waals surface area (Å²) in [5.74, 6) is 1.71. The molecular formula is C16H27IN4. The molecule has 0 aliphatic carbocycles. The van der Waals surface area contributed by atoms with Gasteiger partial charge in [0.25, 0.3) is 0 Å². The summed E-state index contributed by atoms with van der Waals surface area (Å²) in [6.07, 6.45) is 1.28. The van der Waals surface area contributed by atoms with Crippen LogP contribution < -0.4 is 5.32 Å². The van der Waals surface area contributed by atoms with Crippen molar-refractivity contribution >= 4 is 29.9 Å². The molecule has 1 aromatic rings. The summed E-state index contributed by atoms with van der Waals surface area (Å²) in [6, 6.07) is 10.4. The maximum absolute atomic E-state index is 4.69. The number of halogens is 1. The first kappa shape index (κ1) is 18.2. The van der Waals surface area contributed by atoms with Crippen molar-refractivity contribution in [2.75, 3.05) is 40.8 Å². The quantitative estimate of drug-likeness (QED) is 0.476. The lowest BCUT2D eigenvalue weighted by Gasteiger charge is -2.20. The third kappa shape index (κ3) is 6.22. The second-order valence-electron chi connectivity index (χ2n) is 5.82. The largest absolute Gasteiger partial charge is 0.356 e. The summed E-state index contributed by atoms with van der Waals surface area (Å²) in [7, 11) is 6.27. The monoisotopic (exact) mass is 402 g/mol. The van der Waals surface area contributed by atoms with E-state index in [9.17, 15) is 0 Å². The van der Waals surface area contributed by atoms with Crippen LogP contribution in [0.5, 0.6) is 0 Å². The van der Waals surface area contributed by atoms with Crippen LogP contribution in [-0.4, -0.2) is 56.5 Å². The molecule has 0 aromatic heterocycles. The van der Waals surface area contributed by atoms with E-state index >= 15 is 0 Å². The lowest BCUT2D eigenvalue weighted by Crippen LogP contribution is -2.39. The van der Waals surface area contributed by atoms with Gasteiger partial charge in [-0.25, -0.2) is 4.99 Å². The number of nitrogens with one attached hydrogen (secondary N) is 1. The van der Waals surface area contributed by atoms with Crippen molar-refractivity contribution in [3.8, 4) is 0 Å². The van der Waals surface area contributed by atoms with Crippen molar-refractivity contribution in [3.63, 3.8) is 0 Å². The van der Waals surface area contributed by atoms with Crippen molar-refractivity contribution in [1.29, 1.82) is 0 Å². The van der Waals surface area contributed by atoms with Crippen molar-refractivity contribution < 1.29 is 0 Å². The lowest BCUT2D eigenvalue weighted by atomic mass is 10.1. The third-order valence-electron chi connectivity index (χ3n) is 3.72. The molecule has 5 heteroatoms. The van der Waals surface area contributed by atoms with Crippen molar-refractivity contribution in [3.05, 3.63) is 35.9 Å². The van der Waals surface area contributed by atoms with Gasteiger partial charge in [-0.05, 0) is 31.5 Å². The standard InChI is InChI=1S/C16H26N4.HI/c1-19(2)16(17-11-14-7-5-4-6-8-14)18-12-15-9-10-20(3)13-15;/h4-8,15H,9-13H2,1-3H3,(H,17,18);1H. The Kier molecular flexibility index (Phi) is 8.03. The zero-order valence-corrected chi connectivity index (χ0v) is 15.6. The Morgan fingerprint density at radius 1 is 1.33 bits per heavy atom. The van der Waals surface area contributed by atoms with E-state index in [4.69, 9.17) is 4.99 Å². The first-order valence-corrected chi connectivity index (χ1v) is 7.33. The van der Waals surface area contributed by atoms with Gasteiger partial charge in [0.05, 0.1) is 6.54 Å². The van der Waals surface area contributed by atoms with E-state index in [1.54, 1.807) is 0 Å². The Hall–Kier alpha value is -0.820. The molecule has 1 fully saturated rings. The average molecular weight is 402 g/mol. The molecule has 4 nitrogen and oxygen atoms in total. The van der Waals surface area contributed by atoms with Crippen LogP contribution in [0.1, 0.15) is 12.0 Å². The van der Waals surface area contributed by atoms with Gasteiger partial charge in [0.1, 0.15) is 0 Å². The second-order valence-corrected chi connectivity index (χ2v) is 5.82. The smallest absolute Gasteiger partial charge is 0.193 e. The number of nitrogens with zero attached hydrogens (tertiary/aromatic N) is 3. The number of hydrogen-bond donors (Lipinski definition) is 1. The van der Waals surface area contributed by atoms with Gasteiger partial charge in [0, 0.05) is 27.2 Å². The van der Waals surface area contributed by atoms with Gasteiger partial charge in [-0.3, -0.25) is 0 Å². The molecule has 1 heterocycles. The maximum atomic E-state index is 4.69. The fourth-order valence-corrected chi connectivity index (χ4v) is 2.53. The van der Waals surface area contributed by atoms with Crippen LogP contribution in [0, 0.1) is 5.92 Å². The Bertz CT molecular complexity index is 433. The molecule has 1 saturated heterocycles. The van der Waals surface area contributed by atoms with Crippen LogP contribution in [0.4, 0.5) is 0 Å². The van der Waals surface area contributed by atoms with E-state index in [1.165, 1.54) is 25.1 Å². The minimum absolute atomic E-state index is 0. The Balaban J connectivity index is 0.00000220. The number of hydrogen-bond acceptors (Lipinski definition) is 2. The first-order chi connectivity index (χ1) is 9.65. The predicted octanol–water partition coefficient (Wildman–Crippen LogP) is 2.26. The molecule has 1 aliphatic rings. The lowest BCUT2D eigenvalue weighted by molar-refractivity contribution is 0.392. The minimum atomic E-state index is 0. The van der Waals surface area contributed by atoms with Crippen molar-refractivity contribution in [2.45, 2.75) is 13.0 Å². The summed E-state index contributed by atoms with van der Waals surface area (Å²) in [4.78, 5) is 9.14. The van der Waals surface area contributed by atoms with Crippen molar-refractivity contribution in [1.82, 2.24) is 15.1 Å². The fraction of sp³-hybridized carbons (Fsp3) is 0.562. The summed E-state index contributed by atoms with van der Waals surface area (Å²) in [5, 5.41) is 3.50. The Morgan fingerprint density at radius 3 is 2.62 bits per heavy atom. The van der Waals surface area contributed by atoms with Gasteiger partial charge in [-0.15, -0.1) is 24.0 Å². The maximum Gasteiger partial charge on any atom is 0.193 e. The van der Waals surface area contributed by atoms with E-state index < -0.39 is 0 Å². The zero-order valence-electron chi connectivity index (χ0n) is 13.2. The summed E-state index contributed by atoms with van der Waals surface area (Å²) >= 11 is 0. The highest BCUT2D eigenvalue weighted by Gasteiger charge is 2.19. The summed E-state index contributed by atoms with van der Waals surface area (Å²) in [6.45, 7) is 4.14. The van der Waals surface area contributed by atoms with Gasteiger partial charge in [-0.2, -0.15) is 0 Å². The number of benzene rings is 1. The van der Waals surface area contributed by atoms with Gasteiger partial charge >= 0.3 is 0 Å². The van der Waals surface area contributed by atoms with Gasteiger partial charge in [0.15, 0.2) is 5.96 Å². The highest BCUT2D eigenvalue weighted by Crippen LogP contribution is 2.12. The van der Waals surface area contributed by atoms with Gasteiger partial charge < -0.3 is 15.1 Å². The van der Waals surface area contributed by atoms with Gasteiger partial charge in [-0.1, -0.05) is 30.3 Å². The van der Waals surface area contributed by atoms with E-state index in [1.807, 2.05) is 20.2 Å². The molecule has 0 amide bonds. The molecule has 2 rings (SSSR count). The predicted molar refractivity (Wildman–Crippen MR) is 100 cm³/mol. The molecule has 1 aliphatic heterocycles. The molecule has 1 aromatic carbocycles. The topological polar surface area (TPSA) is 30.9 Å². The number of rotatable bonds is 4. The van der Waals surface area contributed by atoms with E-state index in [-0.39, 0.29) is 24.0 Å². The molecule has 0 radical (unpaired) electrons. The third-order valence-corrected chi connectivity index (χ3v) is 3.72. The van der Waals surface area contributed by atoms with Gasteiger partial charge in [0.2, 0.25) is 0 Å². The number of guanidine groups is 1. The van der Waals surface area contributed by atoms with E-state index in [2.05, 4.69) is 46.4 Å². The Labute approximate surface area is 145 Å². The van der Waals surface area contributed by atoms with E-state index in [0.29, 0.717) is 0 Å². The van der Waals surface area contributed by atoms with Crippen LogP contribution in [0.25, 0.3) is 0 Å². The fourth-order valence-electron chi connectivity index (χ4n) is 2.53. The van der Waals surface area contributed by atoms with Crippen LogP contribution in [-0.2, 0) is 6.54 Å². The van der Waals surface area contributed by atoms with E-state index in [0.717, 1.165) is 25.0 Å². The number of likely N-dealkylation sites (tertiary alicyclic amines) is 1. The average Bonchev–Trinajstić information content (AvgIpc) is 2.85. The van der Waals surface area contributed by atoms with Crippen LogP contribution >= 0.6 is 24.0 Å². The SMILES string of the molecule is CN1CCC(CNC(=NCc2ccccc2)N(C)C)C1.I. The van der Waals surface area contributed by atoms with Crippen LogP contribution in [0.2, 0.25) is 0 Å². The minimum Gasteiger partial charge on any atom is -0.356 e. The first-order valence-electron chi connectivity index (χ1n) is 7.33. The zero-order chi connectivity index (χ0) is 14.4. The highest BCUT2D eigenvalue weighted by atomic mass is 127. The second kappa shape index (κ2) is 9.25. The highest BCUT2D eigenvalue weighted by molar-refractivity contribution is 14.0. The molecule has 118 valence electrons. The van der Waals surface area contributed by atoms with Crippen LogP contribution in [0.15, 0.2) is 35.3 Å². The molecule has 0 spiro atoms. The van der Waals surface area contributed by atoms with Crippen molar-refractivity contribution in [2.24, 2.45) is 10.9 Å². The Morgan fingerprint density at radius 2 is 2.05 bits per heavy atom. The molecule has 21 heavy (non-hydrogen) atoms. The molecular weight excluding hydrogens is 375 g/mol. The molecule has 1 N–H and O–H groups in total. The number of aliphatic imine (C=N–C) groups is 1. The molecule has 0 bridgehead atoms. The summed E-state index contributed by atoms with van der Waals surface area (Å²) in [5.41, 5.74) is 1.24. The normalized spacial score (nSPS) is 19.2. The molecule has 1 atom stereocenters. The summed E-state index contributed by atoms with van der Waals surface area (Å²) < 4.78 is 0. The molecule has 1 unspecified atom stereocenters. The van der Waals surface area contributed by atoms with Crippen LogP contribution in [0.3, 0.4) is 0 Å².